The maximum atomic E-state index is 11.9. The second kappa shape index (κ2) is 5.42. The van der Waals surface area contributed by atoms with Gasteiger partial charge in [-0.15, -0.1) is 0 Å². The van der Waals surface area contributed by atoms with Crippen LogP contribution in [0.2, 0.25) is 0 Å². The Morgan fingerprint density at radius 1 is 1.20 bits per heavy atom. The van der Waals surface area contributed by atoms with Gasteiger partial charge < -0.3 is 9.47 Å². The number of Topliss-reactive ketones (excluding diaryl/α,β-unsaturated/α-hetero) is 1. The molecule has 0 aromatic heterocycles. The Bertz CT molecular complexity index is 637. The number of rotatable bonds is 3. The zero-order valence-electron chi connectivity index (χ0n) is 16.0. The molecule has 5 aliphatic rings. The summed E-state index contributed by atoms with van der Waals surface area (Å²) in [4.78, 5) is 11.9. The molecular weight excluding hydrogens is 312 g/mol. The van der Waals surface area contributed by atoms with Crippen molar-refractivity contribution in [2.75, 3.05) is 7.11 Å². The smallest absolute Gasteiger partial charge is 0.155 e. The third kappa shape index (κ3) is 2.15. The average Bonchev–Trinajstić information content (AvgIpc) is 3.24. The van der Waals surface area contributed by atoms with Gasteiger partial charge in [-0.2, -0.15) is 0 Å². The summed E-state index contributed by atoms with van der Waals surface area (Å²) >= 11 is 0. The van der Waals surface area contributed by atoms with Gasteiger partial charge in [-0.3, -0.25) is 4.79 Å². The van der Waals surface area contributed by atoms with Gasteiger partial charge in [0.05, 0.1) is 5.60 Å². The summed E-state index contributed by atoms with van der Waals surface area (Å²) in [7, 11) is 1.75. The molecule has 5 rings (SSSR count). The molecule has 7 atom stereocenters. The van der Waals surface area contributed by atoms with E-state index in [4.69, 9.17) is 9.47 Å². The van der Waals surface area contributed by atoms with Gasteiger partial charge in [-0.25, -0.2) is 0 Å². The Kier molecular flexibility index (Phi) is 3.58. The molecule has 138 valence electrons. The van der Waals surface area contributed by atoms with E-state index in [0.717, 1.165) is 42.9 Å². The molecule has 0 spiro atoms. The van der Waals surface area contributed by atoms with Crippen molar-refractivity contribution in [3.8, 4) is 0 Å². The van der Waals surface area contributed by atoms with Crippen LogP contribution < -0.4 is 0 Å². The summed E-state index contributed by atoms with van der Waals surface area (Å²) in [6.07, 6.45) is 10.2. The zero-order valence-corrected chi connectivity index (χ0v) is 16.0. The van der Waals surface area contributed by atoms with E-state index in [0.29, 0.717) is 11.2 Å². The first-order valence-corrected chi connectivity index (χ1v) is 10.4. The molecule has 0 saturated heterocycles. The molecule has 0 amide bonds. The van der Waals surface area contributed by atoms with E-state index in [9.17, 15) is 4.79 Å². The van der Waals surface area contributed by atoms with Crippen LogP contribution in [0.3, 0.4) is 0 Å². The molecule has 0 aliphatic heterocycles. The van der Waals surface area contributed by atoms with E-state index >= 15 is 0 Å². The van der Waals surface area contributed by atoms with Crippen molar-refractivity contribution in [2.45, 2.75) is 83.5 Å². The van der Waals surface area contributed by atoms with Crippen molar-refractivity contribution in [1.29, 1.82) is 0 Å². The Hall–Kier alpha value is -0.670. The highest BCUT2D eigenvalue weighted by Crippen LogP contribution is 2.76. The van der Waals surface area contributed by atoms with Gasteiger partial charge in [0.15, 0.2) is 6.29 Å². The van der Waals surface area contributed by atoms with E-state index in [2.05, 4.69) is 6.92 Å². The Morgan fingerprint density at radius 2 is 2.04 bits per heavy atom. The van der Waals surface area contributed by atoms with Crippen LogP contribution in [0, 0.1) is 29.1 Å². The first-order valence-electron chi connectivity index (χ1n) is 10.4. The van der Waals surface area contributed by atoms with Crippen molar-refractivity contribution in [3.63, 3.8) is 0 Å². The van der Waals surface area contributed by atoms with Crippen LogP contribution >= 0.6 is 0 Å². The summed E-state index contributed by atoms with van der Waals surface area (Å²) < 4.78 is 12.0. The fourth-order valence-electron chi connectivity index (χ4n) is 7.54. The molecule has 3 fully saturated rings. The minimum atomic E-state index is -0.0941. The Morgan fingerprint density at radius 3 is 2.84 bits per heavy atom. The van der Waals surface area contributed by atoms with E-state index in [1.165, 1.54) is 44.1 Å². The monoisotopic (exact) mass is 344 g/mol. The molecule has 3 saturated carbocycles. The topological polar surface area (TPSA) is 35.5 Å². The summed E-state index contributed by atoms with van der Waals surface area (Å²) in [5.41, 5.74) is 3.66. The van der Waals surface area contributed by atoms with Gasteiger partial charge in [0.1, 0.15) is 5.78 Å². The highest BCUT2D eigenvalue weighted by Gasteiger charge is 2.75. The first kappa shape index (κ1) is 16.5. The van der Waals surface area contributed by atoms with Crippen LogP contribution in [0.5, 0.6) is 0 Å². The zero-order chi connectivity index (χ0) is 17.4. The van der Waals surface area contributed by atoms with Crippen LogP contribution in [0.15, 0.2) is 11.1 Å². The van der Waals surface area contributed by atoms with Crippen molar-refractivity contribution in [2.24, 2.45) is 29.1 Å². The fraction of sp³-hybridized carbons (Fsp3) is 0.864. The minimum absolute atomic E-state index is 0.0925. The largest absolute Gasteiger partial charge is 0.356 e. The summed E-state index contributed by atoms with van der Waals surface area (Å²) in [6.45, 7) is 4.57. The second-order valence-corrected chi connectivity index (χ2v) is 9.66. The van der Waals surface area contributed by atoms with E-state index in [1.807, 2.05) is 6.92 Å². The number of carbonyl (C=O) groups is 1. The lowest BCUT2D eigenvalue weighted by Gasteiger charge is -2.53. The molecule has 0 N–H and O–H groups in total. The van der Waals surface area contributed by atoms with Crippen molar-refractivity contribution in [1.82, 2.24) is 0 Å². The Balaban J connectivity index is 1.42. The maximum Gasteiger partial charge on any atom is 0.155 e. The van der Waals surface area contributed by atoms with Crippen LogP contribution in [0.1, 0.15) is 71.6 Å². The molecule has 1 unspecified atom stereocenters. The molecular formula is C22H32O3. The number of hydrogen-bond acceptors (Lipinski definition) is 3. The number of methoxy groups -OCH3 is 1. The molecule has 0 radical (unpaired) electrons. The standard InChI is InChI=1S/C22H32O3/c1-13(24-3)25-22-12-15(22)11-20-19-6-4-14-10-16(23)5-7-17(14)18(19)8-9-21(20,22)2/h13,15,18-20H,4-12H2,1-3H3/t13?,15-,18+,19+,20-,21-,22-/m0/s1. The van der Waals surface area contributed by atoms with Crippen molar-refractivity contribution < 1.29 is 14.3 Å². The lowest BCUT2D eigenvalue weighted by Crippen LogP contribution is -2.49. The molecule has 25 heavy (non-hydrogen) atoms. The number of carbonyl (C=O) groups excluding carboxylic acids is 1. The average molecular weight is 344 g/mol. The molecule has 0 aromatic carbocycles. The summed E-state index contributed by atoms with van der Waals surface area (Å²) in [6, 6.07) is 0. The fourth-order valence-corrected chi connectivity index (χ4v) is 7.54. The molecule has 0 bridgehead atoms. The van der Waals surface area contributed by atoms with E-state index in [-0.39, 0.29) is 11.9 Å². The summed E-state index contributed by atoms with van der Waals surface area (Å²) in [5, 5.41) is 0. The molecule has 0 aromatic rings. The molecule has 3 heteroatoms. The molecule has 3 nitrogen and oxygen atoms in total. The van der Waals surface area contributed by atoms with Crippen molar-refractivity contribution >= 4 is 5.78 Å². The third-order valence-electron chi connectivity index (χ3n) is 8.85. The van der Waals surface area contributed by atoms with Crippen LogP contribution in [-0.4, -0.2) is 24.8 Å². The van der Waals surface area contributed by atoms with Crippen LogP contribution in [-0.2, 0) is 14.3 Å². The number of allylic oxidation sites excluding steroid dienone is 2. The van der Waals surface area contributed by atoms with E-state index in [1.54, 1.807) is 12.7 Å². The van der Waals surface area contributed by atoms with Crippen molar-refractivity contribution in [3.05, 3.63) is 11.1 Å². The predicted molar refractivity (Wildman–Crippen MR) is 95.9 cm³/mol. The Labute approximate surface area is 151 Å². The molecule has 0 heterocycles. The third-order valence-corrected chi connectivity index (χ3v) is 8.85. The lowest BCUT2D eigenvalue weighted by atomic mass is 9.53. The normalized spacial score (nSPS) is 49.2. The SMILES string of the molecule is COC(C)O[C@@]12C[C@@H]1C[C@H]1[C@@H]3CCC4=C(CCC(=O)C4)[C@H]3CC[C@@]12C. The van der Waals surface area contributed by atoms with Gasteiger partial charge >= 0.3 is 0 Å². The highest BCUT2D eigenvalue weighted by molar-refractivity contribution is 5.82. The summed E-state index contributed by atoms with van der Waals surface area (Å²) in [5.74, 6) is 3.63. The number of hydrogen-bond donors (Lipinski definition) is 0. The van der Waals surface area contributed by atoms with Gasteiger partial charge in [-0.1, -0.05) is 18.1 Å². The number of fused-ring (bicyclic) bond motifs is 6. The van der Waals surface area contributed by atoms with Gasteiger partial charge in [0.25, 0.3) is 0 Å². The molecule has 5 aliphatic carbocycles. The van der Waals surface area contributed by atoms with Gasteiger partial charge in [-0.05, 0) is 75.5 Å². The second-order valence-electron chi connectivity index (χ2n) is 9.66. The number of ketones is 1. The van der Waals surface area contributed by atoms with E-state index < -0.39 is 0 Å². The van der Waals surface area contributed by atoms with Crippen LogP contribution in [0.25, 0.3) is 0 Å². The first-order chi connectivity index (χ1) is 12.0. The minimum Gasteiger partial charge on any atom is -0.356 e. The lowest BCUT2D eigenvalue weighted by molar-refractivity contribution is -0.202. The highest BCUT2D eigenvalue weighted by atomic mass is 16.7. The maximum absolute atomic E-state index is 11.9. The van der Waals surface area contributed by atoms with Gasteiger partial charge in [0.2, 0.25) is 0 Å². The van der Waals surface area contributed by atoms with Gasteiger partial charge in [0, 0.05) is 25.4 Å². The van der Waals surface area contributed by atoms with Crippen LogP contribution in [0.4, 0.5) is 0 Å². The quantitative estimate of drug-likeness (QED) is 0.552. The number of ether oxygens (including phenoxy) is 2. The predicted octanol–water partition coefficient (Wildman–Crippen LogP) is 4.65.